The lowest BCUT2D eigenvalue weighted by Crippen LogP contribution is -2.09. The molecule has 0 aromatic heterocycles. The highest BCUT2D eigenvalue weighted by molar-refractivity contribution is 6.05. The van der Waals surface area contributed by atoms with Crippen LogP contribution >= 0.6 is 0 Å². The lowest BCUT2D eigenvalue weighted by Gasteiger charge is -2.16. The first kappa shape index (κ1) is 18.1. The van der Waals surface area contributed by atoms with Crippen molar-refractivity contribution in [2.24, 2.45) is 0 Å². The molecule has 7 nitrogen and oxygen atoms in total. The van der Waals surface area contributed by atoms with E-state index >= 15 is 0 Å². The minimum Gasteiger partial charge on any atom is -0.349 e. The van der Waals surface area contributed by atoms with E-state index in [4.69, 9.17) is 0 Å². The molecule has 27 heavy (non-hydrogen) atoms. The van der Waals surface area contributed by atoms with Gasteiger partial charge in [-0.15, -0.1) is 0 Å². The molecule has 0 saturated heterocycles. The van der Waals surface area contributed by atoms with Crippen molar-refractivity contribution in [1.82, 2.24) is 0 Å². The molecule has 3 aromatic carbocycles. The van der Waals surface area contributed by atoms with Gasteiger partial charge in [0.15, 0.2) is 0 Å². The van der Waals surface area contributed by atoms with Crippen molar-refractivity contribution >= 4 is 33.5 Å². The molecule has 0 heterocycles. The summed E-state index contributed by atoms with van der Waals surface area (Å²) in [6.07, 6.45) is -4.69. The van der Waals surface area contributed by atoms with E-state index in [9.17, 15) is 33.4 Å². The van der Waals surface area contributed by atoms with E-state index < -0.39 is 38.6 Å². The van der Waals surface area contributed by atoms with Gasteiger partial charge in [-0.3, -0.25) is 20.2 Å². The number of para-hydroxylation sites is 1. The number of nitrogens with zero attached hydrogens (tertiary/aromatic N) is 2. The molecule has 0 aliphatic carbocycles. The van der Waals surface area contributed by atoms with Gasteiger partial charge in [0.25, 0.3) is 11.4 Å². The summed E-state index contributed by atoms with van der Waals surface area (Å²) >= 11 is 0. The molecule has 10 heteroatoms. The SMILES string of the molecule is O=[N+]([O-])c1cc([N+](=O)[O-])c2ccccc2c1Nc1ccccc1C(F)(F)F. The fourth-order valence-electron chi connectivity index (χ4n) is 2.74. The van der Waals surface area contributed by atoms with Gasteiger partial charge in [0, 0.05) is 5.39 Å². The number of halogens is 3. The quantitative estimate of drug-likeness (QED) is 0.484. The van der Waals surface area contributed by atoms with E-state index in [0.717, 1.165) is 18.2 Å². The van der Waals surface area contributed by atoms with Crippen molar-refractivity contribution in [3.63, 3.8) is 0 Å². The molecule has 0 atom stereocenters. The second-order valence-corrected chi connectivity index (χ2v) is 5.52. The first-order valence-electron chi connectivity index (χ1n) is 7.48. The molecule has 0 bridgehead atoms. The topological polar surface area (TPSA) is 98.3 Å². The molecule has 0 saturated carbocycles. The highest BCUT2D eigenvalue weighted by Crippen LogP contribution is 2.43. The predicted octanol–water partition coefficient (Wildman–Crippen LogP) is 5.42. The number of rotatable bonds is 4. The third kappa shape index (κ3) is 3.36. The molecular weight excluding hydrogens is 367 g/mol. The smallest absolute Gasteiger partial charge is 0.349 e. The summed E-state index contributed by atoms with van der Waals surface area (Å²) in [6, 6.07) is 11.0. The molecule has 0 unspecified atom stereocenters. The Kier molecular flexibility index (Phi) is 4.40. The van der Waals surface area contributed by atoms with E-state index in [-0.39, 0.29) is 16.5 Å². The van der Waals surface area contributed by atoms with Crippen LogP contribution in [0.4, 0.5) is 35.9 Å². The molecule has 0 spiro atoms. The molecular formula is C17H10F3N3O4. The lowest BCUT2D eigenvalue weighted by molar-refractivity contribution is -0.392. The molecule has 0 fully saturated rings. The third-order valence-corrected chi connectivity index (χ3v) is 3.89. The molecule has 0 aliphatic heterocycles. The Morgan fingerprint density at radius 2 is 1.37 bits per heavy atom. The summed E-state index contributed by atoms with van der Waals surface area (Å²) in [5.41, 5.74) is -2.86. The maximum atomic E-state index is 13.2. The van der Waals surface area contributed by atoms with Crippen LogP contribution in [0.1, 0.15) is 5.56 Å². The predicted molar refractivity (Wildman–Crippen MR) is 92.0 cm³/mol. The van der Waals surface area contributed by atoms with Crippen LogP contribution in [0.2, 0.25) is 0 Å². The average Bonchev–Trinajstić information content (AvgIpc) is 2.61. The number of hydrogen-bond acceptors (Lipinski definition) is 5. The van der Waals surface area contributed by atoms with E-state index in [2.05, 4.69) is 5.32 Å². The van der Waals surface area contributed by atoms with Gasteiger partial charge in [0.2, 0.25) is 0 Å². The van der Waals surface area contributed by atoms with Gasteiger partial charge < -0.3 is 5.32 Å². The van der Waals surface area contributed by atoms with Crippen molar-refractivity contribution in [3.05, 3.63) is 80.4 Å². The van der Waals surface area contributed by atoms with Gasteiger partial charge in [-0.2, -0.15) is 13.2 Å². The fraction of sp³-hybridized carbons (Fsp3) is 0.0588. The summed E-state index contributed by atoms with van der Waals surface area (Å²) in [5, 5.41) is 25.3. The largest absolute Gasteiger partial charge is 0.418 e. The van der Waals surface area contributed by atoms with Crippen LogP contribution in [0.3, 0.4) is 0 Å². The fourth-order valence-corrected chi connectivity index (χ4v) is 2.74. The summed E-state index contributed by atoms with van der Waals surface area (Å²) in [6.45, 7) is 0. The molecule has 0 amide bonds. The molecule has 3 aromatic rings. The summed E-state index contributed by atoms with van der Waals surface area (Å²) < 4.78 is 39.7. The van der Waals surface area contributed by atoms with Crippen molar-refractivity contribution in [1.29, 1.82) is 0 Å². The number of nitrogens with one attached hydrogen (secondary N) is 1. The average molecular weight is 377 g/mol. The Morgan fingerprint density at radius 3 is 1.96 bits per heavy atom. The number of non-ortho nitro benzene ring substituents is 1. The molecule has 1 N–H and O–H groups in total. The molecule has 0 radical (unpaired) electrons. The molecule has 3 rings (SSSR count). The van der Waals surface area contributed by atoms with Gasteiger partial charge in [-0.25, -0.2) is 0 Å². The van der Waals surface area contributed by atoms with Crippen LogP contribution in [-0.2, 0) is 6.18 Å². The van der Waals surface area contributed by atoms with Crippen LogP contribution < -0.4 is 5.32 Å². The van der Waals surface area contributed by atoms with E-state index in [0.29, 0.717) is 0 Å². The van der Waals surface area contributed by atoms with Crippen LogP contribution in [0.25, 0.3) is 10.8 Å². The van der Waals surface area contributed by atoms with E-state index in [1.54, 1.807) is 0 Å². The molecule has 138 valence electrons. The maximum absolute atomic E-state index is 13.2. The standard InChI is InChI=1S/C17H10F3N3O4/c18-17(19,20)12-7-3-4-8-13(12)21-16-11-6-2-1-5-10(11)14(22(24)25)9-15(16)23(26)27/h1-9,21H. The Morgan fingerprint density at radius 1 is 0.815 bits per heavy atom. The van der Waals surface area contributed by atoms with Crippen molar-refractivity contribution in [2.45, 2.75) is 6.18 Å². The second-order valence-electron chi connectivity index (χ2n) is 5.52. The normalized spacial score (nSPS) is 11.4. The van der Waals surface area contributed by atoms with Crippen LogP contribution in [0.15, 0.2) is 54.6 Å². The highest BCUT2D eigenvalue weighted by atomic mass is 19.4. The zero-order valence-corrected chi connectivity index (χ0v) is 13.4. The monoisotopic (exact) mass is 377 g/mol. The number of nitro groups is 2. The Bertz CT molecular complexity index is 1070. The van der Waals surface area contributed by atoms with Crippen LogP contribution in [-0.4, -0.2) is 9.85 Å². The number of benzene rings is 3. The molecule has 0 aliphatic rings. The van der Waals surface area contributed by atoms with Gasteiger partial charge in [-0.1, -0.05) is 30.3 Å². The zero-order valence-electron chi connectivity index (χ0n) is 13.4. The van der Waals surface area contributed by atoms with Crippen LogP contribution in [0.5, 0.6) is 0 Å². The van der Waals surface area contributed by atoms with E-state index in [1.165, 1.54) is 36.4 Å². The zero-order chi connectivity index (χ0) is 19.8. The number of hydrogen-bond donors (Lipinski definition) is 1. The first-order valence-corrected chi connectivity index (χ1v) is 7.48. The minimum absolute atomic E-state index is 0.0652. The van der Waals surface area contributed by atoms with Gasteiger partial charge in [-0.05, 0) is 18.2 Å². The van der Waals surface area contributed by atoms with Gasteiger partial charge in [0.1, 0.15) is 5.69 Å². The number of nitro benzene ring substituents is 2. The number of alkyl halides is 3. The summed E-state index contributed by atoms with van der Waals surface area (Å²) in [7, 11) is 0. The van der Waals surface area contributed by atoms with Gasteiger partial charge in [0.05, 0.1) is 32.6 Å². The van der Waals surface area contributed by atoms with Crippen molar-refractivity contribution < 1.29 is 23.0 Å². The maximum Gasteiger partial charge on any atom is 0.418 e. The second kappa shape index (κ2) is 6.56. The van der Waals surface area contributed by atoms with E-state index in [1.807, 2.05) is 0 Å². The lowest BCUT2D eigenvalue weighted by atomic mass is 10.0. The third-order valence-electron chi connectivity index (χ3n) is 3.89. The Labute approximate surface area is 149 Å². The summed E-state index contributed by atoms with van der Waals surface area (Å²) in [5.74, 6) is 0. The van der Waals surface area contributed by atoms with Crippen molar-refractivity contribution in [3.8, 4) is 0 Å². The number of fused-ring (bicyclic) bond motifs is 1. The Hall–Kier alpha value is -3.69. The highest BCUT2D eigenvalue weighted by Gasteiger charge is 2.34. The van der Waals surface area contributed by atoms with Crippen LogP contribution in [0, 0.1) is 20.2 Å². The first-order chi connectivity index (χ1) is 12.7. The van der Waals surface area contributed by atoms with Crippen molar-refractivity contribution in [2.75, 3.05) is 5.32 Å². The number of anilines is 2. The van der Waals surface area contributed by atoms with Gasteiger partial charge >= 0.3 is 6.18 Å². The minimum atomic E-state index is -4.69. The summed E-state index contributed by atoms with van der Waals surface area (Å²) in [4.78, 5) is 21.0. The Balaban J connectivity index is 2.30.